The number of hydrogen-bond donors (Lipinski definition) is 1. The summed E-state index contributed by atoms with van der Waals surface area (Å²) >= 11 is 0. The predicted octanol–water partition coefficient (Wildman–Crippen LogP) is 5.89. The summed E-state index contributed by atoms with van der Waals surface area (Å²) in [6.07, 6.45) is 0. The molecule has 1 unspecified atom stereocenters. The van der Waals surface area contributed by atoms with Crippen LogP contribution in [-0.2, 0) is 16.1 Å². The van der Waals surface area contributed by atoms with Crippen molar-refractivity contribution in [2.24, 2.45) is 0 Å². The Kier molecular flexibility index (Phi) is 6.74. The normalized spacial score (nSPS) is 17.3. The molecule has 0 spiro atoms. The lowest BCUT2D eigenvalue weighted by Crippen LogP contribution is -2.29. The van der Waals surface area contributed by atoms with Crippen LogP contribution in [0.5, 0.6) is 5.75 Å². The van der Waals surface area contributed by atoms with Crippen LogP contribution in [0.25, 0.3) is 5.76 Å². The summed E-state index contributed by atoms with van der Waals surface area (Å²) in [5.41, 5.74) is 3.26. The predicted molar refractivity (Wildman–Crippen MR) is 133 cm³/mol. The number of aliphatic hydroxyl groups is 1. The van der Waals surface area contributed by atoms with Crippen molar-refractivity contribution in [1.82, 2.24) is 4.90 Å². The number of aryl methyl sites for hydroxylation is 1. The molecule has 0 bridgehead atoms. The van der Waals surface area contributed by atoms with Gasteiger partial charge in [-0.3, -0.25) is 9.59 Å². The number of nitrogens with zero attached hydrogens (tertiary/aromatic N) is 1. The smallest absolute Gasteiger partial charge is 0.295 e. The van der Waals surface area contributed by atoms with E-state index >= 15 is 0 Å². The number of likely N-dealkylation sites (tertiary alicyclic amines) is 1. The highest BCUT2D eigenvalue weighted by Gasteiger charge is 2.46. The average Bonchev–Trinajstić information content (AvgIpc) is 3.10. The Morgan fingerprint density at radius 1 is 1.03 bits per heavy atom. The van der Waals surface area contributed by atoms with Crippen LogP contribution in [0.3, 0.4) is 0 Å². The summed E-state index contributed by atoms with van der Waals surface area (Å²) < 4.78 is 19.1. The van der Waals surface area contributed by atoms with Gasteiger partial charge in [0, 0.05) is 12.1 Å². The van der Waals surface area contributed by atoms with Crippen molar-refractivity contribution in [3.63, 3.8) is 0 Å². The lowest BCUT2D eigenvalue weighted by molar-refractivity contribution is -0.140. The summed E-state index contributed by atoms with van der Waals surface area (Å²) in [4.78, 5) is 27.9. The molecule has 35 heavy (non-hydrogen) atoms. The molecule has 4 rings (SSSR count). The molecule has 0 aliphatic carbocycles. The number of benzene rings is 3. The molecule has 1 heterocycles. The Labute approximate surface area is 204 Å². The molecule has 1 amide bonds. The fraction of sp³-hybridized carbons (Fsp3) is 0.241. The topological polar surface area (TPSA) is 66.8 Å². The number of Topliss-reactive ketones (excluding diaryl/α,β-unsaturated/α-hetero) is 1. The average molecular weight is 474 g/mol. The molecule has 5 nitrogen and oxygen atoms in total. The molecule has 0 radical (unpaired) electrons. The SMILES string of the molecule is COc1ccc(CN2C(=O)C(=O)/C(=C(\O)c3ccc(F)c(C)c3)C2c2ccc(C(C)C)cc2)cc1. The van der Waals surface area contributed by atoms with Gasteiger partial charge in [0.15, 0.2) is 0 Å². The van der Waals surface area contributed by atoms with Crippen molar-refractivity contribution in [3.8, 4) is 5.75 Å². The Hall–Kier alpha value is -3.93. The summed E-state index contributed by atoms with van der Waals surface area (Å²) in [5, 5.41) is 11.2. The highest BCUT2D eigenvalue weighted by Crippen LogP contribution is 2.40. The highest BCUT2D eigenvalue weighted by atomic mass is 19.1. The monoisotopic (exact) mass is 473 g/mol. The van der Waals surface area contributed by atoms with E-state index in [1.165, 1.54) is 23.1 Å². The molecule has 180 valence electrons. The molecule has 1 aliphatic rings. The molecule has 3 aromatic carbocycles. The van der Waals surface area contributed by atoms with E-state index in [0.717, 1.165) is 11.1 Å². The van der Waals surface area contributed by atoms with Crippen LogP contribution in [0.4, 0.5) is 4.39 Å². The van der Waals surface area contributed by atoms with Gasteiger partial charge in [-0.2, -0.15) is 0 Å². The Morgan fingerprint density at radius 2 is 1.69 bits per heavy atom. The van der Waals surface area contributed by atoms with E-state index in [1.807, 2.05) is 36.4 Å². The summed E-state index contributed by atoms with van der Waals surface area (Å²) in [7, 11) is 1.57. The number of carbonyl (C=O) groups is 2. The standard InChI is InChI=1S/C29H28FNO4/c1-17(2)20-7-9-21(10-8-20)26-25(27(32)22-11-14-24(30)18(3)15-22)28(33)29(34)31(26)16-19-5-12-23(35-4)13-6-19/h5-15,17,26,32H,16H2,1-4H3/b27-25-. The largest absolute Gasteiger partial charge is 0.507 e. The van der Waals surface area contributed by atoms with Gasteiger partial charge in [-0.15, -0.1) is 0 Å². The van der Waals surface area contributed by atoms with Gasteiger partial charge in [0.25, 0.3) is 11.7 Å². The summed E-state index contributed by atoms with van der Waals surface area (Å²) in [5.74, 6) is -1.20. The van der Waals surface area contributed by atoms with Gasteiger partial charge in [-0.05, 0) is 65.4 Å². The van der Waals surface area contributed by atoms with Crippen LogP contribution >= 0.6 is 0 Å². The van der Waals surface area contributed by atoms with Crippen molar-refractivity contribution < 1.29 is 23.8 Å². The molecule has 1 saturated heterocycles. The number of carbonyl (C=O) groups excluding carboxylic acids is 2. The minimum atomic E-state index is -0.788. The quantitative estimate of drug-likeness (QED) is 0.275. The van der Waals surface area contributed by atoms with Crippen LogP contribution in [0.2, 0.25) is 0 Å². The number of aliphatic hydroxyl groups excluding tert-OH is 1. The molecule has 0 saturated carbocycles. The van der Waals surface area contributed by atoms with E-state index in [2.05, 4.69) is 13.8 Å². The number of rotatable bonds is 6. The second-order valence-corrected chi connectivity index (χ2v) is 9.06. The third-order valence-electron chi connectivity index (χ3n) is 6.40. The van der Waals surface area contributed by atoms with E-state index in [9.17, 15) is 19.1 Å². The first kappa shape index (κ1) is 24.2. The van der Waals surface area contributed by atoms with E-state index in [0.29, 0.717) is 22.8 Å². The van der Waals surface area contributed by atoms with Gasteiger partial charge >= 0.3 is 0 Å². The van der Waals surface area contributed by atoms with Gasteiger partial charge in [0.2, 0.25) is 0 Å². The zero-order valence-corrected chi connectivity index (χ0v) is 20.2. The van der Waals surface area contributed by atoms with Crippen molar-refractivity contribution in [3.05, 3.63) is 106 Å². The van der Waals surface area contributed by atoms with E-state index in [1.54, 1.807) is 26.2 Å². The van der Waals surface area contributed by atoms with Gasteiger partial charge in [0.05, 0.1) is 18.7 Å². The summed E-state index contributed by atoms with van der Waals surface area (Å²) in [6.45, 7) is 5.92. The van der Waals surface area contributed by atoms with Crippen LogP contribution in [0, 0.1) is 12.7 Å². The van der Waals surface area contributed by atoms with Gasteiger partial charge in [0.1, 0.15) is 17.3 Å². The number of halogens is 1. The fourth-order valence-corrected chi connectivity index (χ4v) is 4.33. The second-order valence-electron chi connectivity index (χ2n) is 9.06. The van der Waals surface area contributed by atoms with Crippen molar-refractivity contribution in [2.45, 2.75) is 39.3 Å². The highest BCUT2D eigenvalue weighted by molar-refractivity contribution is 6.46. The number of amides is 1. The maximum absolute atomic E-state index is 13.8. The Morgan fingerprint density at radius 3 is 2.26 bits per heavy atom. The minimum Gasteiger partial charge on any atom is -0.507 e. The molecule has 3 aromatic rings. The maximum atomic E-state index is 13.8. The summed E-state index contributed by atoms with van der Waals surface area (Å²) in [6, 6.07) is 18.3. The molecule has 1 atom stereocenters. The van der Waals surface area contributed by atoms with Crippen LogP contribution in [0.1, 0.15) is 53.6 Å². The molecular weight excluding hydrogens is 445 g/mol. The third-order valence-corrected chi connectivity index (χ3v) is 6.40. The van der Waals surface area contributed by atoms with Crippen LogP contribution < -0.4 is 4.74 Å². The van der Waals surface area contributed by atoms with Crippen molar-refractivity contribution in [1.29, 1.82) is 0 Å². The van der Waals surface area contributed by atoms with E-state index in [4.69, 9.17) is 4.74 Å². The van der Waals surface area contributed by atoms with Crippen LogP contribution in [-0.4, -0.2) is 28.8 Å². The maximum Gasteiger partial charge on any atom is 0.295 e. The van der Waals surface area contributed by atoms with Gasteiger partial charge in [-0.25, -0.2) is 4.39 Å². The number of ether oxygens (including phenoxy) is 1. The zero-order chi connectivity index (χ0) is 25.3. The molecule has 6 heteroatoms. The fourth-order valence-electron chi connectivity index (χ4n) is 4.33. The molecular formula is C29H28FNO4. The molecule has 0 aromatic heterocycles. The Bertz CT molecular complexity index is 1290. The number of hydrogen-bond acceptors (Lipinski definition) is 4. The Balaban J connectivity index is 1.84. The van der Waals surface area contributed by atoms with E-state index < -0.39 is 23.5 Å². The van der Waals surface area contributed by atoms with Crippen molar-refractivity contribution >= 4 is 17.4 Å². The first-order chi connectivity index (χ1) is 16.7. The first-order valence-corrected chi connectivity index (χ1v) is 11.5. The lowest BCUT2D eigenvalue weighted by atomic mass is 9.93. The minimum absolute atomic E-state index is 0.00758. The molecule has 1 aliphatic heterocycles. The van der Waals surface area contributed by atoms with Gasteiger partial charge in [-0.1, -0.05) is 50.2 Å². The second kappa shape index (κ2) is 9.74. The molecule has 1 fully saturated rings. The zero-order valence-electron chi connectivity index (χ0n) is 20.2. The van der Waals surface area contributed by atoms with Crippen molar-refractivity contribution in [2.75, 3.05) is 7.11 Å². The third kappa shape index (κ3) is 4.69. The number of methoxy groups -OCH3 is 1. The van der Waals surface area contributed by atoms with Crippen LogP contribution in [0.15, 0.2) is 72.3 Å². The van der Waals surface area contributed by atoms with E-state index in [-0.39, 0.29) is 23.4 Å². The molecule has 1 N–H and O–H groups in total. The van der Waals surface area contributed by atoms with Gasteiger partial charge < -0.3 is 14.7 Å². The number of ketones is 1. The lowest BCUT2D eigenvalue weighted by Gasteiger charge is -2.26. The first-order valence-electron chi connectivity index (χ1n) is 11.5.